The van der Waals surface area contributed by atoms with Crippen LogP contribution in [0.15, 0.2) is 72.8 Å². The molecule has 5 nitrogen and oxygen atoms in total. The molecule has 0 unspecified atom stereocenters. The molecule has 0 N–H and O–H groups in total. The Bertz CT molecular complexity index is 1250. The van der Waals surface area contributed by atoms with Crippen LogP contribution in [0.5, 0.6) is 0 Å². The molecule has 0 bridgehead atoms. The van der Waals surface area contributed by atoms with Crippen LogP contribution in [0.2, 0.25) is 5.02 Å². The number of hydrogen-bond acceptors (Lipinski definition) is 4. The monoisotopic (exact) mass is 428 g/mol. The van der Waals surface area contributed by atoms with Gasteiger partial charge in [0.1, 0.15) is 0 Å². The van der Waals surface area contributed by atoms with Crippen LogP contribution in [-0.2, 0) is 13.0 Å². The smallest absolute Gasteiger partial charge is 0.167 e. The van der Waals surface area contributed by atoms with E-state index in [2.05, 4.69) is 15.2 Å². The van der Waals surface area contributed by atoms with Crippen molar-refractivity contribution in [1.29, 1.82) is 0 Å². The second-order valence-electron chi connectivity index (χ2n) is 7.69. The lowest BCUT2D eigenvalue weighted by molar-refractivity contribution is 0.0993. The quantitative estimate of drug-likeness (QED) is 0.403. The molecule has 0 spiro atoms. The Hall–Kier alpha value is -3.44. The van der Waals surface area contributed by atoms with Crippen LogP contribution in [-0.4, -0.2) is 27.3 Å². The van der Waals surface area contributed by atoms with Gasteiger partial charge in [-0.1, -0.05) is 53.2 Å². The molecule has 5 rings (SSSR count). The van der Waals surface area contributed by atoms with Gasteiger partial charge in [-0.05, 0) is 48.9 Å². The molecule has 0 atom stereocenters. The highest BCUT2D eigenvalue weighted by atomic mass is 35.5. The lowest BCUT2D eigenvalue weighted by atomic mass is 9.98. The van der Waals surface area contributed by atoms with E-state index in [1.165, 1.54) is 0 Å². The maximum absolute atomic E-state index is 13.1. The Morgan fingerprint density at radius 1 is 1.00 bits per heavy atom. The fraction of sp³-hybridized carbons (Fsp3) is 0.160. The maximum atomic E-state index is 13.1. The second-order valence-corrected chi connectivity index (χ2v) is 8.13. The molecule has 0 aliphatic carbocycles. The van der Waals surface area contributed by atoms with Gasteiger partial charge in [0, 0.05) is 34.8 Å². The summed E-state index contributed by atoms with van der Waals surface area (Å²) in [6.07, 6.45) is 0.374. The molecule has 2 heterocycles. The molecular formula is C25H21ClN4O. The van der Waals surface area contributed by atoms with E-state index in [0.29, 0.717) is 30.1 Å². The van der Waals surface area contributed by atoms with E-state index < -0.39 is 0 Å². The molecule has 31 heavy (non-hydrogen) atoms. The predicted octanol–water partition coefficient (Wildman–Crippen LogP) is 5.48. The van der Waals surface area contributed by atoms with Gasteiger partial charge in [-0.2, -0.15) is 0 Å². The Balaban J connectivity index is 1.60. The van der Waals surface area contributed by atoms with Crippen molar-refractivity contribution in [3.8, 4) is 11.3 Å². The summed E-state index contributed by atoms with van der Waals surface area (Å²) in [5, 5.41) is 9.29. The molecule has 1 aliphatic heterocycles. The molecule has 154 valence electrons. The normalized spacial score (nSPS) is 12.8. The number of nitrogens with zero attached hydrogens (tertiary/aromatic N) is 4. The Morgan fingerprint density at radius 3 is 2.55 bits per heavy atom. The number of benzene rings is 3. The minimum Gasteiger partial charge on any atom is -0.339 e. The zero-order valence-electron chi connectivity index (χ0n) is 17.1. The number of halogens is 1. The summed E-state index contributed by atoms with van der Waals surface area (Å²) in [5.41, 5.74) is 6.60. The van der Waals surface area contributed by atoms with Crippen molar-refractivity contribution in [3.05, 3.63) is 94.6 Å². The third-order valence-electron chi connectivity index (χ3n) is 5.65. The molecule has 1 aliphatic rings. The third-order valence-corrected chi connectivity index (χ3v) is 5.90. The molecule has 1 aromatic heterocycles. The van der Waals surface area contributed by atoms with Gasteiger partial charge in [0.25, 0.3) is 0 Å². The number of hydrogen-bond donors (Lipinski definition) is 0. The zero-order chi connectivity index (χ0) is 21.4. The van der Waals surface area contributed by atoms with Crippen LogP contribution in [0.4, 0.5) is 11.4 Å². The van der Waals surface area contributed by atoms with Gasteiger partial charge in [0.05, 0.1) is 23.6 Å². The first-order valence-corrected chi connectivity index (χ1v) is 10.6. The first kappa shape index (κ1) is 19.5. The zero-order valence-corrected chi connectivity index (χ0v) is 17.9. The number of anilines is 2. The van der Waals surface area contributed by atoms with Crippen LogP contribution in [0, 0.1) is 6.92 Å². The molecule has 6 heteroatoms. The Morgan fingerprint density at radius 2 is 1.77 bits per heavy atom. The standard InChI is InChI=1S/C25H21ClN4O/c1-17-25-22-12-7-19(24(31)15-18-5-3-2-4-6-18)16-23(22)29(13-14-30(25)28-27-17)21-10-8-20(26)9-11-21/h2-12,16H,13-15H2,1H3. The number of rotatable bonds is 4. The molecule has 4 aromatic rings. The highest BCUT2D eigenvalue weighted by Gasteiger charge is 2.25. The van der Waals surface area contributed by atoms with Crippen molar-refractivity contribution in [2.75, 3.05) is 11.4 Å². The molecule has 0 radical (unpaired) electrons. The van der Waals surface area contributed by atoms with E-state index in [-0.39, 0.29) is 5.78 Å². The molecule has 3 aromatic carbocycles. The average Bonchev–Trinajstić information content (AvgIpc) is 3.07. The van der Waals surface area contributed by atoms with Crippen LogP contribution in [0.25, 0.3) is 11.3 Å². The van der Waals surface area contributed by atoms with E-state index in [1.807, 2.05) is 84.4 Å². The third kappa shape index (κ3) is 3.73. The van der Waals surface area contributed by atoms with Crippen molar-refractivity contribution in [2.45, 2.75) is 19.9 Å². The summed E-state index contributed by atoms with van der Waals surface area (Å²) in [6.45, 7) is 3.37. The lowest BCUT2D eigenvalue weighted by Gasteiger charge is -2.25. The van der Waals surface area contributed by atoms with Gasteiger partial charge in [-0.25, -0.2) is 4.68 Å². The van der Waals surface area contributed by atoms with E-state index in [4.69, 9.17) is 11.6 Å². The lowest BCUT2D eigenvalue weighted by Crippen LogP contribution is -2.21. The fourth-order valence-electron chi connectivity index (χ4n) is 4.11. The van der Waals surface area contributed by atoms with E-state index in [9.17, 15) is 4.79 Å². The minimum absolute atomic E-state index is 0.0951. The first-order valence-electron chi connectivity index (χ1n) is 10.2. The van der Waals surface area contributed by atoms with E-state index in [1.54, 1.807) is 0 Å². The van der Waals surface area contributed by atoms with Gasteiger partial charge >= 0.3 is 0 Å². The summed E-state index contributed by atoms with van der Waals surface area (Å²) in [5.74, 6) is 0.0951. The number of carbonyl (C=O) groups is 1. The maximum Gasteiger partial charge on any atom is 0.167 e. The van der Waals surface area contributed by atoms with Crippen molar-refractivity contribution in [2.24, 2.45) is 0 Å². The van der Waals surface area contributed by atoms with Crippen molar-refractivity contribution in [3.63, 3.8) is 0 Å². The summed E-state index contributed by atoms with van der Waals surface area (Å²) in [6, 6.07) is 23.5. The fourth-order valence-corrected chi connectivity index (χ4v) is 4.23. The summed E-state index contributed by atoms with van der Waals surface area (Å²) in [7, 11) is 0. The first-order chi connectivity index (χ1) is 15.1. The highest BCUT2D eigenvalue weighted by Crippen LogP contribution is 2.39. The predicted molar refractivity (Wildman–Crippen MR) is 123 cm³/mol. The SMILES string of the molecule is Cc1nnn2c1-c1ccc(C(=O)Cc3ccccc3)cc1N(c1ccc(Cl)cc1)CC2. The van der Waals surface area contributed by atoms with Gasteiger partial charge in [0.15, 0.2) is 5.78 Å². The van der Waals surface area contributed by atoms with E-state index >= 15 is 0 Å². The van der Waals surface area contributed by atoms with Crippen molar-refractivity contribution < 1.29 is 4.79 Å². The number of carbonyl (C=O) groups excluding carboxylic acids is 1. The summed E-state index contributed by atoms with van der Waals surface area (Å²) < 4.78 is 1.94. The minimum atomic E-state index is 0.0951. The number of aryl methyl sites for hydroxylation is 1. The van der Waals surface area contributed by atoms with Crippen molar-refractivity contribution >= 4 is 28.8 Å². The molecule has 0 saturated carbocycles. The largest absolute Gasteiger partial charge is 0.339 e. The Kier molecular flexibility index (Phi) is 5.04. The van der Waals surface area contributed by atoms with Crippen LogP contribution in [0.1, 0.15) is 21.6 Å². The number of Topliss-reactive ketones (excluding diaryl/α,β-unsaturated/α-hetero) is 1. The number of ketones is 1. The van der Waals surface area contributed by atoms with Crippen molar-refractivity contribution in [1.82, 2.24) is 15.0 Å². The van der Waals surface area contributed by atoms with Crippen LogP contribution < -0.4 is 4.90 Å². The summed E-state index contributed by atoms with van der Waals surface area (Å²) in [4.78, 5) is 15.3. The van der Waals surface area contributed by atoms with Gasteiger partial charge in [-0.15, -0.1) is 5.10 Å². The number of aromatic nitrogens is 3. The molecule has 0 saturated heterocycles. The second kappa shape index (κ2) is 8.00. The average molecular weight is 429 g/mol. The van der Waals surface area contributed by atoms with Gasteiger partial charge < -0.3 is 4.90 Å². The molecule has 0 amide bonds. The summed E-state index contributed by atoms with van der Waals surface area (Å²) >= 11 is 6.12. The molecular weight excluding hydrogens is 408 g/mol. The van der Waals surface area contributed by atoms with Crippen LogP contribution in [0.3, 0.4) is 0 Å². The number of fused-ring (bicyclic) bond motifs is 3. The van der Waals surface area contributed by atoms with Gasteiger partial charge in [-0.3, -0.25) is 4.79 Å². The Labute approximate surface area is 185 Å². The van der Waals surface area contributed by atoms with Crippen LogP contribution >= 0.6 is 11.6 Å². The van der Waals surface area contributed by atoms with Gasteiger partial charge in [0.2, 0.25) is 0 Å². The van der Waals surface area contributed by atoms with E-state index in [0.717, 1.165) is 33.9 Å². The molecule has 0 fully saturated rings. The topological polar surface area (TPSA) is 51.0 Å². The highest BCUT2D eigenvalue weighted by molar-refractivity contribution is 6.30.